The van der Waals surface area contributed by atoms with Crippen LogP contribution in [0.15, 0.2) is 18.2 Å². The van der Waals surface area contributed by atoms with Gasteiger partial charge in [-0.25, -0.2) is 0 Å². The molecule has 1 saturated carbocycles. The number of carbonyl (C=O) groups excluding carboxylic acids is 1. The van der Waals surface area contributed by atoms with E-state index < -0.39 is 0 Å². The van der Waals surface area contributed by atoms with Crippen molar-refractivity contribution in [3.63, 3.8) is 0 Å². The topological polar surface area (TPSA) is 17.1 Å². The van der Waals surface area contributed by atoms with Crippen molar-refractivity contribution >= 4 is 17.9 Å². The van der Waals surface area contributed by atoms with E-state index in [9.17, 15) is 4.79 Å². The maximum Gasteiger partial charge on any atom is 0.130 e. The number of carbonyl (C=O) groups is 1. The van der Waals surface area contributed by atoms with Crippen molar-refractivity contribution in [3.05, 3.63) is 34.9 Å². The SMILES string of the molecule is O=CC1(c2cc[c]cc2Cl)CC1. The van der Waals surface area contributed by atoms with Crippen LogP contribution in [0.2, 0.25) is 5.02 Å². The molecule has 1 radical (unpaired) electrons. The van der Waals surface area contributed by atoms with Gasteiger partial charge >= 0.3 is 0 Å². The summed E-state index contributed by atoms with van der Waals surface area (Å²) in [5.41, 5.74) is 0.699. The smallest absolute Gasteiger partial charge is 0.130 e. The van der Waals surface area contributed by atoms with E-state index in [0.29, 0.717) is 5.02 Å². The van der Waals surface area contributed by atoms with Crippen molar-refractivity contribution in [2.24, 2.45) is 0 Å². The van der Waals surface area contributed by atoms with Crippen LogP contribution >= 0.6 is 11.6 Å². The molecule has 0 aromatic heterocycles. The second-order valence-electron chi connectivity index (χ2n) is 3.18. The number of hydrogen-bond acceptors (Lipinski definition) is 1. The first kappa shape index (κ1) is 7.81. The van der Waals surface area contributed by atoms with Gasteiger partial charge in [0.25, 0.3) is 0 Å². The zero-order chi connectivity index (χ0) is 8.60. The minimum absolute atomic E-state index is 0.258. The Morgan fingerprint density at radius 3 is 2.83 bits per heavy atom. The van der Waals surface area contributed by atoms with E-state index in [1.807, 2.05) is 6.07 Å². The van der Waals surface area contributed by atoms with E-state index in [4.69, 9.17) is 11.6 Å². The second-order valence-corrected chi connectivity index (χ2v) is 3.59. The third-order valence-corrected chi connectivity index (χ3v) is 2.68. The summed E-state index contributed by atoms with van der Waals surface area (Å²) in [7, 11) is 0. The number of aldehydes is 1. The number of hydrogen-bond donors (Lipinski definition) is 0. The summed E-state index contributed by atoms with van der Waals surface area (Å²) < 4.78 is 0. The molecule has 2 heteroatoms. The van der Waals surface area contributed by atoms with Gasteiger partial charge in [-0.3, -0.25) is 0 Å². The van der Waals surface area contributed by atoms with Crippen LogP contribution in [0.1, 0.15) is 18.4 Å². The molecule has 1 aliphatic carbocycles. The minimum Gasteiger partial charge on any atom is -0.302 e. The standard InChI is InChI=1S/C10H8ClO/c11-9-4-2-1-3-8(9)10(7-12)5-6-10/h1,3-4,7H,5-6H2. The van der Waals surface area contributed by atoms with Crippen LogP contribution in [-0.2, 0) is 10.2 Å². The van der Waals surface area contributed by atoms with Crippen LogP contribution < -0.4 is 0 Å². The molecule has 0 aliphatic heterocycles. The Hall–Kier alpha value is -0.820. The van der Waals surface area contributed by atoms with Crippen molar-refractivity contribution in [1.82, 2.24) is 0 Å². The molecule has 1 aliphatic rings. The molecule has 0 heterocycles. The predicted molar refractivity (Wildman–Crippen MR) is 47.3 cm³/mol. The van der Waals surface area contributed by atoms with Gasteiger partial charge in [-0.15, -0.1) is 0 Å². The lowest BCUT2D eigenvalue weighted by Crippen LogP contribution is -2.07. The molecule has 0 saturated heterocycles. The van der Waals surface area contributed by atoms with E-state index >= 15 is 0 Å². The molecule has 12 heavy (non-hydrogen) atoms. The largest absolute Gasteiger partial charge is 0.302 e. The van der Waals surface area contributed by atoms with Crippen LogP contribution in [0, 0.1) is 6.07 Å². The van der Waals surface area contributed by atoms with Gasteiger partial charge in [0.2, 0.25) is 0 Å². The Kier molecular flexibility index (Phi) is 1.69. The number of benzene rings is 1. The molecule has 1 aromatic carbocycles. The summed E-state index contributed by atoms with van der Waals surface area (Å²) in [6, 6.07) is 8.26. The van der Waals surface area contributed by atoms with Gasteiger partial charge in [0.05, 0.1) is 5.41 Å². The summed E-state index contributed by atoms with van der Waals surface area (Å²) in [5.74, 6) is 0. The molecular weight excluding hydrogens is 172 g/mol. The highest BCUT2D eigenvalue weighted by Gasteiger charge is 2.45. The van der Waals surface area contributed by atoms with Crippen molar-refractivity contribution in [3.8, 4) is 0 Å². The fourth-order valence-electron chi connectivity index (χ4n) is 1.40. The Morgan fingerprint density at radius 2 is 2.33 bits per heavy atom. The minimum atomic E-state index is -0.258. The third-order valence-electron chi connectivity index (χ3n) is 2.36. The summed E-state index contributed by atoms with van der Waals surface area (Å²) >= 11 is 5.94. The van der Waals surface area contributed by atoms with Crippen LogP contribution in [0.4, 0.5) is 0 Å². The highest BCUT2D eigenvalue weighted by Crippen LogP contribution is 2.48. The molecule has 0 amide bonds. The summed E-state index contributed by atoms with van der Waals surface area (Å²) in [5, 5.41) is 0.655. The van der Waals surface area contributed by atoms with E-state index in [1.54, 1.807) is 12.1 Å². The highest BCUT2D eigenvalue weighted by atomic mass is 35.5. The number of rotatable bonds is 2. The lowest BCUT2D eigenvalue weighted by Gasteiger charge is -2.08. The molecule has 1 nitrogen and oxygen atoms in total. The lowest BCUT2D eigenvalue weighted by atomic mass is 9.98. The monoisotopic (exact) mass is 179 g/mol. The van der Waals surface area contributed by atoms with Crippen molar-refractivity contribution < 1.29 is 4.79 Å². The Labute approximate surface area is 76.4 Å². The van der Waals surface area contributed by atoms with E-state index in [2.05, 4.69) is 6.07 Å². The Balaban J connectivity index is 2.46. The molecule has 0 unspecified atom stereocenters. The Morgan fingerprint density at radius 1 is 1.58 bits per heavy atom. The Bertz CT molecular complexity index is 315. The maximum absolute atomic E-state index is 10.8. The average molecular weight is 180 g/mol. The first-order valence-electron chi connectivity index (χ1n) is 3.91. The second kappa shape index (κ2) is 2.60. The van der Waals surface area contributed by atoms with Crippen molar-refractivity contribution in [2.45, 2.75) is 18.3 Å². The van der Waals surface area contributed by atoms with Gasteiger partial charge in [-0.2, -0.15) is 0 Å². The van der Waals surface area contributed by atoms with Crippen LogP contribution in [0.25, 0.3) is 0 Å². The molecule has 0 bridgehead atoms. The molecule has 61 valence electrons. The molecule has 0 atom stereocenters. The van der Waals surface area contributed by atoms with Gasteiger partial charge in [0.1, 0.15) is 6.29 Å². The fraction of sp³-hybridized carbons (Fsp3) is 0.300. The summed E-state index contributed by atoms with van der Waals surface area (Å²) in [6.07, 6.45) is 2.87. The highest BCUT2D eigenvalue weighted by molar-refractivity contribution is 6.31. The van der Waals surface area contributed by atoms with Crippen LogP contribution in [0.3, 0.4) is 0 Å². The zero-order valence-electron chi connectivity index (χ0n) is 6.51. The maximum atomic E-state index is 10.8. The molecule has 1 fully saturated rings. The average Bonchev–Trinajstić information content (AvgIpc) is 2.86. The molecule has 1 aromatic rings. The van der Waals surface area contributed by atoms with Crippen molar-refractivity contribution in [1.29, 1.82) is 0 Å². The summed E-state index contributed by atoms with van der Waals surface area (Å²) in [4.78, 5) is 10.8. The van der Waals surface area contributed by atoms with Gasteiger partial charge < -0.3 is 4.79 Å². The molecular formula is C10H8ClO. The number of halogens is 1. The van der Waals surface area contributed by atoms with Crippen molar-refractivity contribution in [2.75, 3.05) is 0 Å². The lowest BCUT2D eigenvalue weighted by molar-refractivity contribution is -0.109. The third kappa shape index (κ3) is 1.05. The van der Waals surface area contributed by atoms with Gasteiger partial charge in [0.15, 0.2) is 0 Å². The van der Waals surface area contributed by atoms with Gasteiger partial charge in [-0.05, 0) is 30.5 Å². The van der Waals surface area contributed by atoms with Gasteiger partial charge in [0, 0.05) is 5.02 Å². The summed E-state index contributed by atoms with van der Waals surface area (Å²) in [6.45, 7) is 0. The van der Waals surface area contributed by atoms with E-state index in [-0.39, 0.29) is 5.41 Å². The van der Waals surface area contributed by atoms with Gasteiger partial charge in [-0.1, -0.05) is 23.7 Å². The normalized spacial score (nSPS) is 18.8. The molecule has 0 spiro atoms. The van der Waals surface area contributed by atoms with Crippen LogP contribution in [-0.4, -0.2) is 6.29 Å². The molecule has 0 N–H and O–H groups in total. The zero-order valence-corrected chi connectivity index (χ0v) is 7.27. The fourth-order valence-corrected chi connectivity index (χ4v) is 1.71. The molecule has 2 rings (SSSR count). The first-order valence-corrected chi connectivity index (χ1v) is 4.29. The van der Waals surface area contributed by atoms with E-state index in [0.717, 1.165) is 24.7 Å². The quantitative estimate of drug-likeness (QED) is 0.637. The van der Waals surface area contributed by atoms with E-state index in [1.165, 1.54) is 0 Å². The predicted octanol–water partition coefficient (Wildman–Crippen LogP) is 2.37. The first-order chi connectivity index (χ1) is 5.78. The van der Waals surface area contributed by atoms with Crippen LogP contribution in [0.5, 0.6) is 0 Å².